The fourth-order valence-corrected chi connectivity index (χ4v) is 4.16. The zero-order valence-electron chi connectivity index (χ0n) is 17.1. The van der Waals surface area contributed by atoms with E-state index in [2.05, 4.69) is 20.8 Å². The number of aromatic nitrogens is 2. The molecule has 2 aliphatic rings. The van der Waals surface area contributed by atoms with Gasteiger partial charge in [-0.15, -0.1) is 22.0 Å². The van der Waals surface area contributed by atoms with E-state index in [9.17, 15) is 24.0 Å². The standard InChI is InChI=1S/C21H19N5O5S/c1-2-32-17-8-5-14(24-25-17)19(29)23-18(28)11-3-4-12-10-26(21(31)13(12)9-11)15-6-7-16(27)22-20(15)30/h3-5,8-9,15H,2,6-7,10H2,1H3,(H,22,27,30)(H,23,28,29). The van der Waals surface area contributed by atoms with Gasteiger partial charge >= 0.3 is 0 Å². The fraction of sp³-hybridized carbons (Fsp3) is 0.286. The van der Waals surface area contributed by atoms with Crippen LogP contribution in [0.1, 0.15) is 56.5 Å². The summed E-state index contributed by atoms with van der Waals surface area (Å²) in [4.78, 5) is 62.7. The molecule has 3 heterocycles. The third-order valence-corrected chi connectivity index (χ3v) is 5.98. The summed E-state index contributed by atoms with van der Waals surface area (Å²) in [6.07, 6.45) is 0.413. The van der Waals surface area contributed by atoms with E-state index >= 15 is 0 Å². The number of amides is 5. The normalized spacial score (nSPS) is 17.7. The van der Waals surface area contributed by atoms with Gasteiger partial charge in [0.2, 0.25) is 11.8 Å². The number of rotatable bonds is 5. The van der Waals surface area contributed by atoms with Crippen molar-refractivity contribution in [3.8, 4) is 0 Å². The molecular formula is C21H19N5O5S. The smallest absolute Gasteiger partial charge is 0.278 e. The molecule has 10 nitrogen and oxygen atoms in total. The molecule has 1 aromatic heterocycles. The van der Waals surface area contributed by atoms with E-state index < -0.39 is 29.7 Å². The maximum atomic E-state index is 12.9. The lowest BCUT2D eigenvalue weighted by atomic mass is 10.0. The number of piperidine rings is 1. The highest BCUT2D eigenvalue weighted by atomic mass is 32.2. The molecule has 0 spiro atoms. The summed E-state index contributed by atoms with van der Waals surface area (Å²) in [7, 11) is 0. The topological polar surface area (TPSA) is 138 Å². The average Bonchev–Trinajstić information content (AvgIpc) is 3.10. The van der Waals surface area contributed by atoms with Crippen molar-refractivity contribution in [2.24, 2.45) is 0 Å². The number of nitrogens with zero attached hydrogens (tertiary/aromatic N) is 3. The highest BCUT2D eigenvalue weighted by molar-refractivity contribution is 7.99. The molecule has 2 N–H and O–H groups in total. The van der Waals surface area contributed by atoms with Crippen molar-refractivity contribution in [1.29, 1.82) is 0 Å². The molecule has 0 aliphatic carbocycles. The van der Waals surface area contributed by atoms with E-state index in [-0.39, 0.29) is 42.1 Å². The first-order valence-corrected chi connectivity index (χ1v) is 11.0. The van der Waals surface area contributed by atoms with Crippen molar-refractivity contribution in [2.45, 2.75) is 37.4 Å². The second-order valence-corrected chi connectivity index (χ2v) is 8.53. The number of nitrogens with one attached hydrogen (secondary N) is 2. The Labute approximate surface area is 187 Å². The van der Waals surface area contributed by atoms with Crippen LogP contribution in [0.15, 0.2) is 35.4 Å². The molecule has 32 heavy (non-hydrogen) atoms. The summed E-state index contributed by atoms with van der Waals surface area (Å²) in [6.45, 7) is 2.18. The number of imide groups is 2. The first-order chi connectivity index (χ1) is 15.4. The SMILES string of the molecule is CCSc1ccc(C(=O)NC(=O)c2ccc3c(c2)C(=O)N(C2CCC(=O)NC2=O)C3)nn1. The van der Waals surface area contributed by atoms with Crippen LogP contribution >= 0.6 is 11.8 Å². The summed E-state index contributed by atoms with van der Waals surface area (Å²) in [6, 6.07) is 6.93. The Balaban J connectivity index is 1.46. The molecule has 1 unspecified atom stereocenters. The van der Waals surface area contributed by atoms with Crippen molar-refractivity contribution in [3.05, 3.63) is 52.7 Å². The Bertz CT molecular complexity index is 1130. The van der Waals surface area contributed by atoms with E-state index in [4.69, 9.17) is 0 Å². The Morgan fingerprint density at radius 3 is 2.66 bits per heavy atom. The van der Waals surface area contributed by atoms with Crippen LogP contribution in [0.2, 0.25) is 0 Å². The summed E-state index contributed by atoms with van der Waals surface area (Å²) in [5.41, 5.74) is 1.08. The quantitative estimate of drug-likeness (QED) is 0.503. The van der Waals surface area contributed by atoms with Gasteiger partial charge in [-0.1, -0.05) is 13.0 Å². The van der Waals surface area contributed by atoms with Crippen LogP contribution < -0.4 is 10.6 Å². The Morgan fingerprint density at radius 1 is 1.16 bits per heavy atom. The fourth-order valence-electron chi connectivity index (χ4n) is 3.60. The Kier molecular flexibility index (Phi) is 5.99. The number of carbonyl (C=O) groups is 5. The molecule has 1 saturated heterocycles. The van der Waals surface area contributed by atoms with Gasteiger partial charge in [0.05, 0.1) is 0 Å². The molecule has 2 aromatic rings. The van der Waals surface area contributed by atoms with Crippen molar-refractivity contribution in [3.63, 3.8) is 0 Å². The lowest BCUT2D eigenvalue weighted by Gasteiger charge is -2.29. The minimum atomic E-state index is -0.737. The first kappa shape index (κ1) is 21.6. The largest absolute Gasteiger partial charge is 0.322 e. The number of fused-ring (bicyclic) bond motifs is 1. The zero-order chi connectivity index (χ0) is 22.8. The highest BCUT2D eigenvalue weighted by Crippen LogP contribution is 2.28. The minimum absolute atomic E-state index is 0.0000673. The summed E-state index contributed by atoms with van der Waals surface area (Å²) < 4.78 is 0. The average molecular weight is 453 g/mol. The molecular weight excluding hydrogens is 434 g/mol. The van der Waals surface area contributed by atoms with Crippen LogP contribution in [0, 0.1) is 0 Å². The molecule has 2 aliphatic heterocycles. The second-order valence-electron chi connectivity index (χ2n) is 7.24. The van der Waals surface area contributed by atoms with Gasteiger partial charge in [0, 0.05) is 24.1 Å². The second kappa shape index (κ2) is 8.87. The number of carbonyl (C=O) groups excluding carboxylic acids is 5. The van der Waals surface area contributed by atoms with E-state index in [1.807, 2.05) is 6.92 Å². The Morgan fingerprint density at radius 2 is 1.97 bits per heavy atom. The maximum absolute atomic E-state index is 12.9. The van der Waals surface area contributed by atoms with Gasteiger partial charge in [-0.2, -0.15) is 0 Å². The van der Waals surface area contributed by atoms with Gasteiger partial charge in [-0.25, -0.2) is 0 Å². The van der Waals surface area contributed by atoms with Gasteiger partial charge < -0.3 is 4.90 Å². The van der Waals surface area contributed by atoms with Gasteiger partial charge in [0.25, 0.3) is 17.7 Å². The van der Waals surface area contributed by atoms with Crippen LogP contribution in [0.5, 0.6) is 0 Å². The number of benzene rings is 1. The number of thioether (sulfide) groups is 1. The van der Waals surface area contributed by atoms with Crippen LogP contribution in [-0.4, -0.2) is 56.4 Å². The van der Waals surface area contributed by atoms with Gasteiger partial charge in [-0.05, 0) is 42.0 Å². The van der Waals surface area contributed by atoms with Gasteiger partial charge in [0.1, 0.15) is 11.1 Å². The zero-order valence-corrected chi connectivity index (χ0v) is 17.9. The predicted molar refractivity (Wildman–Crippen MR) is 113 cm³/mol. The summed E-state index contributed by atoms with van der Waals surface area (Å²) >= 11 is 1.48. The van der Waals surface area contributed by atoms with Crippen molar-refractivity contribution in [1.82, 2.24) is 25.7 Å². The molecule has 0 saturated carbocycles. The molecule has 1 fully saturated rings. The van der Waals surface area contributed by atoms with Gasteiger partial charge in [0.15, 0.2) is 5.69 Å². The lowest BCUT2D eigenvalue weighted by molar-refractivity contribution is -0.136. The molecule has 164 valence electrons. The number of hydrogen-bond acceptors (Lipinski definition) is 8. The number of hydrogen-bond donors (Lipinski definition) is 2. The summed E-state index contributed by atoms with van der Waals surface area (Å²) in [5.74, 6) is -1.83. The van der Waals surface area contributed by atoms with Crippen molar-refractivity contribution < 1.29 is 24.0 Å². The van der Waals surface area contributed by atoms with Gasteiger partial charge in [-0.3, -0.25) is 34.6 Å². The minimum Gasteiger partial charge on any atom is -0.322 e. The van der Waals surface area contributed by atoms with Crippen LogP contribution in [-0.2, 0) is 16.1 Å². The van der Waals surface area contributed by atoms with E-state index in [1.54, 1.807) is 12.1 Å². The molecule has 4 rings (SSSR count). The lowest BCUT2D eigenvalue weighted by Crippen LogP contribution is -2.52. The molecule has 1 aromatic carbocycles. The third-order valence-electron chi connectivity index (χ3n) is 5.18. The summed E-state index contributed by atoms with van der Waals surface area (Å²) in [5, 5.41) is 12.9. The molecule has 1 atom stereocenters. The molecule has 11 heteroatoms. The Hall–Kier alpha value is -3.60. The molecule has 0 bridgehead atoms. The maximum Gasteiger partial charge on any atom is 0.278 e. The van der Waals surface area contributed by atoms with Crippen molar-refractivity contribution in [2.75, 3.05) is 5.75 Å². The van der Waals surface area contributed by atoms with Crippen LogP contribution in [0.25, 0.3) is 0 Å². The van der Waals surface area contributed by atoms with E-state index in [0.29, 0.717) is 10.6 Å². The third kappa shape index (κ3) is 4.24. The highest BCUT2D eigenvalue weighted by Gasteiger charge is 2.39. The van der Waals surface area contributed by atoms with Crippen LogP contribution in [0.4, 0.5) is 0 Å². The monoisotopic (exact) mass is 453 g/mol. The predicted octanol–water partition coefficient (Wildman–Crippen LogP) is 0.920. The van der Waals surface area contributed by atoms with E-state index in [1.165, 1.54) is 34.9 Å². The van der Waals surface area contributed by atoms with Crippen molar-refractivity contribution >= 4 is 41.3 Å². The molecule has 0 radical (unpaired) electrons. The van der Waals surface area contributed by atoms with E-state index in [0.717, 1.165) is 5.75 Å². The van der Waals surface area contributed by atoms with Crippen LogP contribution in [0.3, 0.4) is 0 Å². The first-order valence-electron chi connectivity index (χ1n) is 9.97. The molecule has 5 amide bonds.